The van der Waals surface area contributed by atoms with Crippen LogP contribution in [-0.4, -0.2) is 96.7 Å². The highest BCUT2D eigenvalue weighted by Crippen LogP contribution is 2.45. The lowest BCUT2D eigenvalue weighted by atomic mass is 10.0. The first-order valence-electron chi connectivity index (χ1n) is 42.6. The number of rotatable bonds is 82. The van der Waals surface area contributed by atoms with Crippen molar-refractivity contribution in [2.24, 2.45) is 5.92 Å². The van der Waals surface area contributed by atoms with Gasteiger partial charge < -0.3 is 33.8 Å². The summed E-state index contributed by atoms with van der Waals surface area (Å²) in [5.41, 5.74) is 0. The molecule has 0 bridgehead atoms. The predicted molar refractivity (Wildman–Crippen MR) is 414 cm³/mol. The van der Waals surface area contributed by atoms with Crippen LogP contribution >= 0.6 is 15.6 Å². The average Bonchev–Trinajstić information content (AvgIpc) is 1.54. The first-order valence-corrected chi connectivity index (χ1v) is 45.6. The third kappa shape index (κ3) is 76.1. The molecule has 0 radical (unpaired) electrons. The summed E-state index contributed by atoms with van der Waals surface area (Å²) in [5.74, 6) is -1.29. The number of aliphatic hydroxyl groups is 1. The Hall–Kier alpha value is -1.94. The molecule has 0 aliphatic carbocycles. The van der Waals surface area contributed by atoms with Gasteiger partial charge in [0.2, 0.25) is 0 Å². The maximum Gasteiger partial charge on any atom is 0.472 e. The predicted octanol–water partition coefficient (Wildman–Crippen LogP) is 24.8. The van der Waals surface area contributed by atoms with E-state index in [2.05, 4.69) is 34.6 Å². The van der Waals surface area contributed by atoms with Gasteiger partial charge in [0.15, 0.2) is 12.2 Å². The topological polar surface area (TPSA) is 237 Å². The van der Waals surface area contributed by atoms with E-state index in [1.54, 1.807) is 0 Å². The quantitative estimate of drug-likeness (QED) is 0.0222. The molecular formula is C82H160O17P2. The number of hydrogen-bond acceptors (Lipinski definition) is 15. The van der Waals surface area contributed by atoms with Crippen molar-refractivity contribution < 1.29 is 80.2 Å². The molecule has 0 aliphatic heterocycles. The Kier molecular flexibility index (Phi) is 73.5. The summed E-state index contributed by atoms with van der Waals surface area (Å²) >= 11 is 0. The van der Waals surface area contributed by atoms with Gasteiger partial charge in [0, 0.05) is 25.7 Å². The van der Waals surface area contributed by atoms with Crippen molar-refractivity contribution in [3.05, 3.63) is 0 Å². The normalized spacial score (nSPS) is 13.8. The molecule has 0 fully saturated rings. The van der Waals surface area contributed by atoms with Crippen molar-refractivity contribution >= 4 is 39.5 Å². The first-order chi connectivity index (χ1) is 49.0. The summed E-state index contributed by atoms with van der Waals surface area (Å²) < 4.78 is 68.6. The zero-order valence-electron chi connectivity index (χ0n) is 66.1. The van der Waals surface area contributed by atoms with Crippen molar-refractivity contribution in [2.75, 3.05) is 39.6 Å². The van der Waals surface area contributed by atoms with E-state index in [0.29, 0.717) is 25.7 Å². The lowest BCUT2D eigenvalue weighted by Gasteiger charge is -2.21. The monoisotopic (exact) mass is 1480 g/mol. The Balaban J connectivity index is 5.13. The molecule has 0 saturated carbocycles. The second kappa shape index (κ2) is 74.9. The Labute approximate surface area is 619 Å². The SMILES string of the molecule is CCCCCCCCCCCCCCCCCCCCCCCCC(=O)O[C@H](COC(=O)CCCCCCCCCCCCCCCCCCCCC(C)C)COP(=O)(O)OC[C@@H](O)COP(=O)(O)OC[C@@H](COC(=O)CCCCCCCCCCC)OC(=O)CCCCCCCCCCC. The maximum absolute atomic E-state index is 13.1. The molecule has 0 aromatic rings. The zero-order valence-corrected chi connectivity index (χ0v) is 67.8. The largest absolute Gasteiger partial charge is 0.472 e. The van der Waals surface area contributed by atoms with Crippen LogP contribution in [0, 0.1) is 5.92 Å². The molecule has 0 aromatic carbocycles. The Morgan fingerprint density at radius 3 is 0.673 bits per heavy atom. The lowest BCUT2D eigenvalue weighted by Crippen LogP contribution is -2.30. The van der Waals surface area contributed by atoms with E-state index in [9.17, 15) is 43.2 Å². The Morgan fingerprint density at radius 2 is 0.455 bits per heavy atom. The zero-order chi connectivity index (χ0) is 74.1. The summed E-state index contributed by atoms with van der Waals surface area (Å²) in [7, 11) is -9.91. The van der Waals surface area contributed by atoms with E-state index >= 15 is 0 Å². The van der Waals surface area contributed by atoms with Gasteiger partial charge in [-0.2, -0.15) is 0 Å². The molecule has 0 spiro atoms. The molecule has 0 saturated heterocycles. The molecule has 600 valence electrons. The van der Waals surface area contributed by atoms with Crippen LogP contribution < -0.4 is 0 Å². The minimum Gasteiger partial charge on any atom is -0.462 e. The standard InChI is InChI=1S/C82H160O17P2/c1-6-9-12-15-18-21-22-23-24-25-26-27-28-29-34-37-40-43-48-53-58-63-68-82(87)99-78(72-93-80(85)66-61-56-51-47-42-39-36-33-31-30-32-35-38-41-46-49-54-59-64-75(4)5)74-97-101(90,91)95-70-76(83)69-94-100(88,89)96-73-77(98-81(86)67-62-57-52-45-20-17-14-11-8-3)71-92-79(84)65-60-55-50-44-19-16-13-10-7-2/h75-78,83H,6-74H2,1-5H3,(H,88,89)(H,90,91)/t76-,77+,78+/m0/s1. The molecule has 0 aromatic heterocycles. The van der Waals surface area contributed by atoms with E-state index in [-0.39, 0.29) is 25.7 Å². The van der Waals surface area contributed by atoms with Crippen LogP contribution in [0.4, 0.5) is 0 Å². The fraction of sp³-hybridized carbons (Fsp3) is 0.951. The molecule has 5 atom stereocenters. The van der Waals surface area contributed by atoms with Crippen LogP contribution in [0.2, 0.25) is 0 Å². The van der Waals surface area contributed by atoms with E-state index in [1.165, 1.54) is 263 Å². The van der Waals surface area contributed by atoms with Crippen LogP contribution in [0.15, 0.2) is 0 Å². The first kappa shape index (κ1) is 99.1. The van der Waals surface area contributed by atoms with E-state index < -0.39 is 97.5 Å². The Bertz CT molecular complexity index is 1930. The molecule has 17 nitrogen and oxygen atoms in total. The fourth-order valence-electron chi connectivity index (χ4n) is 12.8. The van der Waals surface area contributed by atoms with Crippen molar-refractivity contribution in [1.82, 2.24) is 0 Å². The third-order valence-electron chi connectivity index (χ3n) is 19.3. The summed E-state index contributed by atoms with van der Waals surface area (Å²) in [6, 6.07) is 0. The van der Waals surface area contributed by atoms with Crippen molar-refractivity contribution in [3.63, 3.8) is 0 Å². The van der Waals surface area contributed by atoms with Crippen LogP contribution in [0.5, 0.6) is 0 Å². The number of ether oxygens (including phenoxy) is 4. The minimum absolute atomic E-state index is 0.106. The van der Waals surface area contributed by atoms with Gasteiger partial charge >= 0.3 is 39.5 Å². The summed E-state index contributed by atoms with van der Waals surface area (Å²) in [6.07, 6.45) is 66.9. The number of hydrogen-bond donors (Lipinski definition) is 3. The molecule has 0 heterocycles. The number of aliphatic hydroxyl groups excluding tert-OH is 1. The van der Waals surface area contributed by atoms with Crippen LogP contribution in [0.3, 0.4) is 0 Å². The fourth-order valence-corrected chi connectivity index (χ4v) is 14.3. The van der Waals surface area contributed by atoms with Gasteiger partial charge in [0.1, 0.15) is 19.3 Å². The number of unbranched alkanes of at least 4 members (excludes halogenated alkanes) is 54. The van der Waals surface area contributed by atoms with E-state index in [4.69, 9.17) is 37.0 Å². The van der Waals surface area contributed by atoms with Gasteiger partial charge in [-0.15, -0.1) is 0 Å². The van der Waals surface area contributed by atoms with Gasteiger partial charge in [0.25, 0.3) is 0 Å². The van der Waals surface area contributed by atoms with E-state index in [1.807, 2.05) is 0 Å². The number of esters is 4. The third-order valence-corrected chi connectivity index (χ3v) is 21.2. The smallest absolute Gasteiger partial charge is 0.462 e. The minimum atomic E-state index is -4.96. The van der Waals surface area contributed by atoms with Gasteiger partial charge in [-0.1, -0.05) is 388 Å². The second-order valence-corrected chi connectivity index (χ2v) is 32.9. The van der Waals surface area contributed by atoms with Crippen LogP contribution in [0.25, 0.3) is 0 Å². The number of carbonyl (C=O) groups excluding carboxylic acids is 4. The molecule has 0 amide bonds. The summed E-state index contributed by atoms with van der Waals surface area (Å²) in [5, 5.41) is 10.6. The van der Waals surface area contributed by atoms with Crippen molar-refractivity contribution in [1.29, 1.82) is 0 Å². The highest BCUT2D eigenvalue weighted by molar-refractivity contribution is 7.47. The summed E-state index contributed by atoms with van der Waals surface area (Å²) in [6.45, 7) is 7.33. The van der Waals surface area contributed by atoms with Crippen molar-refractivity contribution in [2.45, 2.75) is 457 Å². The molecular weight excluding hydrogens is 1320 g/mol. The molecule has 0 aliphatic rings. The van der Waals surface area contributed by atoms with Crippen LogP contribution in [-0.2, 0) is 65.4 Å². The Morgan fingerprint density at radius 1 is 0.267 bits per heavy atom. The number of phosphoric acid groups is 2. The van der Waals surface area contributed by atoms with Gasteiger partial charge in [-0.3, -0.25) is 37.3 Å². The second-order valence-electron chi connectivity index (χ2n) is 30.0. The van der Waals surface area contributed by atoms with Gasteiger partial charge in [-0.25, -0.2) is 9.13 Å². The van der Waals surface area contributed by atoms with Gasteiger partial charge in [0.05, 0.1) is 26.4 Å². The van der Waals surface area contributed by atoms with E-state index in [0.717, 1.165) is 95.8 Å². The summed E-state index contributed by atoms with van der Waals surface area (Å²) in [4.78, 5) is 72.8. The number of phosphoric ester groups is 2. The molecule has 19 heteroatoms. The highest BCUT2D eigenvalue weighted by atomic mass is 31.2. The molecule has 0 rings (SSSR count). The molecule has 101 heavy (non-hydrogen) atoms. The maximum atomic E-state index is 13.1. The number of carbonyl (C=O) groups is 4. The molecule has 3 N–H and O–H groups in total. The van der Waals surface area contributed by atoms with Crippen LogP contribution in [0.1, 0.15) is 439 Å². The van der Waals surface area contributed by atoms with Gasteiger partial charge in [-0.05, 0) is 31.6 Å². The molecule has 2 unspecified atom stereocenters. The highest BCUT2D eigenvalue weighted by Gasteiger charge is 2.30. The average molecular weight is 1480 g/mol. The lowest BCUT2D eigenvalue weighted by molar-refractivity contribution is -0.161. The van der Waals surface area contributed by atoms with Crippen molar-refractivity contribution in [3.8, 4) is 0 Å².